The zero-order valence-electron chi connectivity index (χ0n) is 22.4. The topological polar surface area (TPSA) is 127 Å². The SMILES string of the molecule is Cc1ccc(S(=O)(=O)Nc2ccc(N3CCC(N4CCCCC4)CC3)c(C(=O)O)c2)c(C)c1.O=C(O)C(F)(F)F. The summed E-state index contributed by atoms with van der Waals surface area (Å²) in [5.41, 5.74) is 2.64. The Balaban J connectivity index is 0.000000559. The van der Waals surface area contributed by atoms with Crippen LogP contribution in [0, 0.1) is 13.8 Å². The average molecular weight is 586 g/mol. The standard InChI is InChI=1S/C25H33N3O4S.C2HF3O2/c1-18-6-9-24(19(2)16-18)33(31,32)26-20-7-8-23(22(17-20)25(29)30)28-14-10-21(11-15-28)27-12-4-3-5-13-27;3-2(4,5)1(6)7/h6-9,16-17,21,26H,3-5,10-15H2,1-2H3,(H,29,30);(H,6,7). The number of hydrogen-bond acceptors (Lipinski definition) is 6. The van der Waals surface area contributed by atoms with Gasteiger partial charge in [0.15, 0.2) is 0 Å². The number of aryl methyl sites for hydroxylation is 2. The number of aromatic carboxylic acids is 1. The van der Waals surface area contributed by atoms with Crippen LogP contribution in [0.2, 0.25) is 0 Å². The second-order valence-corrected chi connectivity index (χ2v) is 11.7. The van der Waals surface area contributed by atoms with Crippen molar-refractivity contribution in [2.75, 3.05) is 35.8 Å². The molecule has 9 nitrogen and oxygen atoms in total. The first-order valence-electron chi connectivity index (χ1n) is 13.0. The van der Waals surface area contributed by atoms with E-state index in [0.717, 1.165) is 31.5 Å². The summed E-state index contributed by atoms with van der Waals surface area (Å²) in [5, 5.41) is 17.0. The summed E-state index contributed by atoms with van der Waals surface area (Å²) < 4.78 is 60.1. The van der Waals surface area contributed by atoms with Crippen molar-refractivity contribution in [1.29, 1.82) is 0 Å². The van der Waals surface area contributed by atoms with Crippen LogP contribution in [-0.4, -0.2) is 73.9 Å². The van der Waals surface area contributed by atoms with Crippen molar-refractivity contribution < 1.29 is 41.4 Å². The van der Waals surface area contributed by atoms with Crippen LogP contribution in [0.4, 0.5) is 24.5 Å². The fraction of sp³-hybridized carbons (Fsp3) is 0.481. The minimum Gasteiger partial charge on any atom is -0.478 e. The van der Waals surface area contributed by atoms with Crippen LogP contribution in [-0.2, 0) is 14.8 Å². The van der Waals surface area contributed by atoms with Crippen LogP contribution in [0.5, 0.6) is 0 Å². The van der Waals surface area contributed by atoms with Crippen molar-refractivity contribution in [3.63, 3.8) is 0 Å². The number of benzene rings is 2. The van der Waals surface area contributed by atoms with E-state index in [-0.39, 0.29) is 16.1 Å². The molecule has 40 heavy (non-hydrogen) atoms. The van der Waals surface area contributed by atoms with Gasteiger partial charge in [0.25, 0.3) is 10.0 Å². The first-order valence-corrected chi connectivity index (χ1v) is 14.4. The van der Waals surface area contributed by atoms with E-state index >= 15 is 0 Å². The van der Waals surface area contributed by atoms with Crippen LogP contribution < -0.4 is 9.62 Å². The molecule has 2 saturated heterocycles. The van der Waals surface area contributed by atoms with Gasteiger partial charge >= 0.3 is 18.1 Å². The van der Waals surface area contributed by atoms with E-state index in [1.54, 1.807) is 31.2 Å². The third kappa shape index (κ3) is 8.10. The highest BCUT2D eigenvalue weighted by atomic mass is 32.2. The summed E-state index contributed by atoms with van der Waals surface area (Å²) in [6.45, 7) is 7.59. The molecule has 2 aliphatic rings. The van der Waals surface area contributed by atoms with Gasteiger partial charge in [-0.25, -0.2) is 18.0 Å². The number of aliphatic carboxylic acids is 1. The molecule has 0 saturated carbocycles. The van der Waals surface area contributed by atoms with Gasteiger partial charge in [0, 0.05) is 24.8 Å². The molecular weight excluding hydrogens is 551 g/mol. The Bertz CT molecular complexity index is 1320. The van der Waals surface area contributed by atoms with E-state index in [1.165, 1.54) is 38.4 Å². The first-order chi connectivity index (χ1) is 18.7. The van der Waals surface area contributed by atoms with E-state index in [4.69, 9.17) is 9.90 Å². The van der Waals surface area contributed by atoms with Crippen molar-refractivity contribution in [3.8, 4) is 0 Å². The molecule has 2 fully saturated rings. The van der Waals surface area contributed by atoms with Gasteiger partial charge in [-0.05, 0) is 82.4 Å². The highest BCUT2D eigenvalue weighted by molar-refractivity contribution is 7.92. The quantitative estimate of drug-likeness (QED) is 0.438. The van der Waals surface area contributed by atoms with Crippen molar-refractivity contribution in [3.05, 3.63) is 53.1 Å². The molecule has 2 aromatic rings. The highest BCUT2D eigenvalue weighted by Crippen LogP contribution is 2.30. The second-order valence-electron chi connectivity index (χ2n) is 10.0. The molecule has 2 aliphatic heterocycles. The third-order valence-corrected chi connectivity index (χ3v) is 8.60. The summed E-state index contributed by atoms with van der Waals surface area (Å²) in [5.74, 6) is -3.82. The first kappa shape index (κ1) is 31.2. The van der Waals surface area contributed by atoms with Gasteiger partial charge in [0.05, 0.1) is 16.1 Å². The molecule has 0 radical (unpaired) electrons. The molecule has 0 amide bonds. The van der Waals surface area contributed by atoms with Gasteiger partial charge in [-0.15, -0.1) is 0 Å². The van der Waals surface area contributed by atoms with Crippen LogP contribution >= 0.6 is 0 Å². The molecule has 0 aromatic heterocycles. The molecule has 0 atom stereocenters. The predicted octanol–water partition coefficient (Wildman–Crippen LogP) is 4.89. The van der Waals surface area contributed by atoms with Gasteiger partial charge in [0.2, 0.25) is 0 Å². The number of halogens is 3. The minimum absolute atomic E-state index is 0.118. The van der Waals surface area contributed by atoms with Crippen molar-refractivity contribution in [1.82, 2.24) is 4.90 Å². The number of likely N-dealkylation sites (tertiary alicyclic amines) is 1. The van der Waals surface area contributed by atoms with Gasteiger partial charge in [0.1, 0.15) is 0 Å². The van der Waals surface area contributed by atoms with Crippen LogP contribution in [0.3, 0.4) is 0 Å². The summed E-state index contributed by atoms with van der Waals surface area (Å²) in [6, 6.07) is 10.5. The maximum atomic E-state index is 12.9. The van der Waals surface area contributed by atoms with E-state index in [2.05, 4.69) is 14.5 Å². The molecule has 2 aromatic carbocycles. The number of anilines is 2. The fourth-order valence-electron chi connectivity index (χ4n) is 5.11. The van der Waals surface area contributed by atoms with Gasteiger partial charge in [-0.2, -0.15) is 13.2 Å². The Morgan fingerprint density at radius 2 is 1.52 bits per heavy atom. The normalized spacial score (nSPS) is 17.1. The molecule has 13 heteroatoms. The maximum absolute atomic E-state index is 12.9. The largest absolute Gasteiger partial charge is 0.490 e. The molecule has 0 unspecified atom stereocenters. The Hall–Kier alpha value is -3.32. The number of carboxylic acids is 2. The van der Waals surface area contributed by atoms with Gasteiger partial charge in [-0.3, -0.25) is 4.72 Å². The Kier molecular flexibility index (Phi) is 10.1. The van der Waals surface area contributed by atoms with Crippen LogP contribution in [0.1, 0.15) is 53.6 Å². The van der Waals surface area contributed by atoms with Crippen LogP contribution in [0.25, 0.3) is 0 Å². The smallest absolute Gasteiger partial charge is 0.478 e. The zero-order chi connectivity index (χ0) is 29.7. The number of carbonyl (C=O) groups is 2. The monoisotopic (exact) mass is 585 g/mol. The van der Waals surface area contributed by atoms with E-state index in [1.807, 2.05) is 13.0 Å². The summed E-state index contributed by atoms with van der Waals surface area (Å²) in [4.78, 5) is 25.8. The average Bonchev–Trinajstić information content (AvgIpc) is 2.88. The zero-order valence-corrected chi connectivity index (χ0v) is 23.2. The summed E-state index contributed by atoms with van der Waals surface area (Å²) in [6.07, 6.45) is 0.795. The molecule has 2 heterocycles. The predicted molar refractivity (Wildman–Crippen MR) is 144 cm³/mol. The lowest BCUT2D eigenvalue weighted by molar-refractivity contribution is -0.192. The Morgan fingerprint density at radius 3 is 2.05 bits per heavy atom. The number of nitrogens with one attached hydrogen (secondary N) is 1. The number of sulfonamides is 1. The molecule has 0 spiro atoms. The molecular formula is C27H34F3N3O6S. The number of nitrogens with zero attached hydrogens (tertiary/aromatic N) is 2. The molecule has 0 bridgehead atoms. The lowest BCUT2D eigenvalue weighted by Gasteiger charge is -2.41. The summed E-state index contributed by atoms with van der Waals surface area (Å²) in [7, 11) is -3.82. The molecule has 3 N–H and O–H groups in total. The molecule has 220 valence electrons. The maximum Gasteiger partial charge on any atom is 0.490 e. The minimum atomic E-state index is -5.08. The number of carboxylic acid groups (broad SMARTS) is 2. The van der Waals surface area contributed by atoms with Crippen molar-refractivity contribution >= 4 is 33.3 Å². The van der Waals surface area contributed by atoms with Crippen molar-refractivity contribution in [2.45, 2.75) is 63.1 Å². The van der Waals surface area contributed by atoms with Crippen molar-refractivity contribution in [2.24, 2.45) is 0 Å². The number of rotatable bonds is 6. The molecule has 4 rings (SSSR count). The van der Waals surface area contributed by atoms with E-state index < -0.39 is 28.1 Å². The number of piperidine rings is 2. The lowest BCUT2D eigenvalue weighted by atomic mass is 9.98. The summed E-state index contributed by atoms with van der Waals surface area (Å²) >= 11 is 0. The fourth-order valence-corrected chi connectivity index (χ4v) is 6.39. The van der Waals surface area contributed by atoms with Gasteiger partial charge in [-0.1, -0.05) is 24.1 Å². The van der Waals surface area contributed by atoms with Crippen LogP contribution in [0.15, 0.2) is 41.3 Å². The lowest BCUT2D eigenvalue weighted by Crippen LogP contribution is -2.47. The highest BCUT2D eigenvalue weighted by Gasteiger charge is 2.38. The van der Waals surface area contributed by atoms with E-state index in [0.29, 0.717) is 17.3 Å². The Morgan fingerprint density at radius 1 is 0.925 bits per heavy atom. The molecule has 0 aliphatic carbocycles. The second kappa shape index (κ2) is 12.9. The number of alkyl halides is 3. The third-order valence-electron chi connectivity index (χ3n) is 7.05. The number of hydrogen-bond donors (Lipinski definition) is 3. The van der Waals surface area contributed by atoms with E-state index in [9.17, 15) is 31.5 Å². The van der Waals surface area contributed by atoms with Gasteiger partial charge < -0.3 is 20.0 Å². The Labute approximate surface area is 231 Å².